The van der Waals surface area contributed by atoms with Gasteiger partial charge in [0.05, 0.1) is 5.56 Å². The third kappa shape index (κ3) is 5.08. The van der Waals surface area contributed by atoms with Crippen molar-refractivity contribution in [2.24, 2.45) is 5.92 Å². The molecule has 1 aliphatic rings. The Hall–Kier alpha value is -2.31. The van der Waals surface area contributed by atoms with Crippen molar-refractivity contribution < 1.29 is 14.0 Å². The lowest BCUT2D eigenvalue weighted by Crippen LogP contribution is -2.34. The molecular formula is C18H22ClN3O3. The van der Waals surface area contributed by atoms with E-state index in [0.29, 0.717) is 17.0 Å². The molecule has 2 heterocycles. The number of aryl methyl sites for hydroxylation is 1. The minimum atomic E-state index is -0.224. The lowest BCUT2D eigenvalue weighted by atomic mass is 9.97. The van der Waals surface area contributed by atoms with Crippen LogP contribution in [0.2, 0.25) is 0 Å². The minimum absolute atomic E-state index is 0. The number of anilines is 2. The molecule has 3 rings (SSSR count). The molecule has 1 saturated heterocycles. The summed E-state index contributed by atoms with van der Waals surface area (Å²) in [5.74, 6) is 0.589. The van der Waals surface area contributed by atoms with Crippen LogP contribution in [0.1, 0.15) is 29.0 Å². The van der Waals surface area contributed by atoms with Crippen molar-refractivity contribution in [3.05, 3.63) is 47.9 Å². The van der Waals surface area contributed by atoms with Gasteiger partial charge in [0.2, 0.25) is 5.91 Å². The average molecular weight is 364 g/mol. The number of carbonyl (C=O) groups excluding carboxylic acids is 2. The first-order valence-corrected chi connectivity index (χ1v) is 8.10. The molecule has 0 aliphatic carbocycles. The van der Waals surface area contributed by atoms with Crippen LogP contribution < -0.4 is 16.0 Å². The first-order chi connectivity index (χ1) is 11.6. The third-order valence-electron chi connectivity index (χ3n) is 4.11. The number of hydrogen-bond donors (Lipinski definition) is 3. The lowest BCUT2D eigenvalue weighted by Gasteiger charge is -2.21. The Morgan fingerprint density at radius 1 is 1.08 bits per heavy atom. The van der Waals surface area contributed by atoms with Gasteiger partial charge < -0.3 is 20.4 Å². The second kappa shape index (κ2) is 8.69. The third-order valence-corrected chi connectivity index (χ3v) is 4.11. The predicted octanol–water partition coefficient (Wildman–Crippen LogP) is 3.20. The number of rotatable bonds is 4. The van der Waals surface area contributed by atoms with Gasteiger partial charge in [-0.1, -0.05) is 0 Å². The zero-order chi connectivity index (χ0) is 16.9. The second-order valence-electron chi connectivity index (χ2n) is 5.99. The summed E-state index contributed by atoms with van der Waals surface area (Å²) in [5.41, 5.74) is 1.88. The summed E-state index contributed by atoms with van der Waals surface area (Å²) in [4.78, 5) is 24.2. The molecule has 6 nitrogen and oxygen atoms in total. The van der Waals surface area contributed by atoms with Crippen molar-refractivity contribution in [3.63, 3.8) is 0 Å². The van der Waals surface area contributed by atoms with Gasteiger partial charge in [-0.3, -0.25) is 9.59 Å². The summed E-state index contributed by atoms with van der Waals surface area (Å²) in [6, 6.07) is 8.79. The van der Waals surface area contributed by atoms with Crippen molar-refractivity contribution in [3.8, 4) is 0 Å². The summed E-state index contributed by atoms with van der Waals surface area (Å²) >= 11 is 0. The molecule has 0 saturated carbocycles. The van der Waals surface area contributed by atoms with Crippen molar-refractivity contribution >= 4 is 35.6 Å². The average Bonchev–Trinajstić information content (AvgIpc) is 3.04. The van der Waals surface area contributed by atoms with E-state index in [1.807, 2.05) is 0 Å². The van der Waals surface area contributed by atoms with Crippen LogP contribution in [0.3, 0.4) is 0 Å². The van der Waals surface area contributed by atoms with Crippen LogP contribution in [0.15, 0.2) is 41.0 Å². The number of piperidine rings is 1. The highest BCUT2D eigenvalue weighted by atomic mass is 35.5. The molecule has 0 bridgehead atoms. The molecule has 2 amide bonds. The standard InChI is InChI=1S/C18H21N3O3.ClH/c1-12-10-14(11-24-12)18(23)21-16-4-2-15(3-5-16)20-17(22)13-6-8-19-9-7-13;/h2-5,10-11,13,19H,6-9H2,1H3,(H,20,22)(H,21,23);1H. The number of amides is 2. The normalized spacial score (nSPS) is 14.4. The van der Waals surface area contributed by atoms with E-state index in [9.17, 15) is 9.59 Å². The highest BCUT2D eigenvalue weighted by Gasteiger charge is 2.20. The second-order valence-corrected chi connectivity index (χ2v) is 5.99. The maximum absolute atomic E-state index is 12.2. The van der Waals surface area contributed by atoms with E-state index in [4.69, 9.17) is 4.42 Å². The SMILES string of the molecule is Cc1cc(C(=O)Nc2ccc(NC(=O)C3CCNCC3)cc2)co1.Cl. The number of benzene rings is 1. The Balaban J connectivity index is 0.00000225. The monoisotopic (exact) mass is 363 g/mol. The first kappa shape index (κ1) is 19.0. The van der Waals surface area contributed by atoms with E-state index in [1.165, 1.54) is 6.26 Å². The van der Waals surface area contributed by atoms with Gasteiger partial charge >= 0.3 is 0 Å². The summed E-state index contributed by atoms with van der Waals surface area (Å²) < 4.78 is 5.13. The molecule has 3 N–H and O–H groups in total. The Labute approximate surface area is 152 Å². The number of furan rings is 1. The molecule has 1 fully saturated rings. The largest absolute Gasteiger partial charge is 0.469 e. The van der Waals surface area contributed by atoms with E-state index in [-0.39, 0.29) is 30.1 Å². The van der Waals surface area contributed by atoms with Crippen molar-refractivity contribution in [2.45, 2.75) is 19.8 Å². The summed E-state index contributed by atoms with van der Waals surface area (Å²) in [6.45, 7) is 3.56. The molecule has 25 heavy (non-hydrogen) atoms. The Morgan fingerprint density at radius 2 is 1.68 bits per heavy atom. The van der Waals surface area contributed by atoms with Crippen LogP contribution in [0.4, 0.5) is 11.4 Å². The molecule has 1 aliphatic heterocycles. The fourth-order valence-electron chi connectivity index (χ4n) is 2.73. The zero-order valence-electron chi connectivity index (χ0n) is 14.0. The first-order valence-electron chi connectivity index (χ1n) is 8.10. The van der Waals surface area contributed by atoms with E-state index < -0.39 is 0 Å². The molecule has 0 atom stereocenters. The summed E-state index contributed by atoms with van der Waals surface area (Å²) in [5, 5.41) is 8.98. The molecule has 0 spiro atoms. The van der Waals surface area contributed by atoms with Crippen LogP contribution in [-0.4, -0.2) is 24.9 Å². The van der Waals surface area contributed by atoms with E-state index >= 15 is 0 Å². The van der Waals surface area contributed by atoms with Gasteiger partial charge in [-0.15, -0.1) is 12.4 Å². The Bertz CT molecular complexity index is 721. The molecule has 0 unspecified atom stereocenters. The van der Waals surface area contributed by atoms with Crippen LogP contribution in [0.25, 0.3) is 0 Å². The molecule has 1 aromatic heterocycles. The summed E-state index contributed by atoms with van der Waals surface area (Å²) in [7, 11) is 0. The predicted molar refractivity (Wildman–Crippen MR) is 99.3 cm³/mol. The Morgan fingerprint density at radius 3 is 2.24 bits per heavy atom. The number of nitrogens with one attached hydrogen (secondary N) is 3. The van der Waals surface area contributed by atoms with Gasteiger partial charge in [0, 0.05) is 17.3 Å². The van der Waals surface area contributed by atoms with Gasteiger partial charge in [-0.25, -0.2) is 0 Å². The van der Waals surface area contributed by atoms with Crippen molar-refractivity contribution in [2.75, 3.05) is 23.7 Å². The molecule has 2 aromatic rings. The maximum Gasteiger partial charge on any atom is 0.258 e. The lowest BCUT2D eigenvalue weighted by molar-refractivity contribution is -0.120. The topological polar surface area (TPSA) is 83.4 Å². The molecule has 134 valence electrons. The van der Waals surface area contributed by atoms with Gasteiger partial charge in [0.15, 0.2) is 0 Å². The van der Waals surface area contributed by atoms with Crippen LogP contribution >= 0.6 is 12.4 Å². The number of hydrogen-bond acceptors (Lipinski definition) is 4. The van der Waals surface area contributed by atoms with Gasteiger partial charge in [-0.2, -0.15) is 0 Å². The van der Waals surface area contributed by atoms with Gasteiger partial charge in [0.1, 0.15) is 12.0 Å². The summed E-state index contributed by atoms with van der Waals surface area (Å²) in [6.07, 6.45) is 3.16. The van der Waals surface area contributed by atoms with Gasteiger partial charge in [-0.05, 0) is 63.2 Å². The molecule has 1 aromatic carbocycles. The zero-order valence-corrected chi connectivity index (χ0v) is 14.8. The van der Waals surface area contributed by atoms with Crippen LogP contribution in [-0.2, 0) is 4.79 Å². The molecule has 7 heteroatoms. The Kier molecular flexibility index (Phi) is 6.61. The highest BCUT2D eigenvalue weighted by Crippen LogP contribution is 2.18. The highest BCUT2D eigenvalue weighted by molar-refractivity contribution is 6.04. The minimum Gasteiger partial charge on any atom is -0.469 e. The smallest absolute Gasteiger partial charge is 0.258 e. The molecule has 0 radical (unpaired) electrons. The van der Waals surface area contributed by atoms with Gasteiger partial charge in [0.25, 0.3) is 5.91 Å². The van der Waals surface area contributed by atoms with E-state index in [0.717, 1.165) is 31.6 Å². The maximum atomic E-state index is 12.2. The molecular weight excluding hydrogens is 342 g/mol. The van der Waals surface area contributed by atoms with Crippen molar-refractivity contribution in [1.29, 1.82) is 0 Å². The number of carbonyl (C=O) groups is 2. The van der Waals surface area contributed by atoms with E-state index in [1.54, 1.807) is 37.3 Å². The van der Waals surface area contributed by atoms with Crippen LogP contribution in [0.5, 0.6) is 0 Å². The van der Waals surface area contributed by atoms with Crippen molar-refractivity contribution in [1.82, 2.24) is 5.32 Å². The van der Waals surface area contributed by atoms with Crippen LogP contribution in [0, 0.1) is 12.8 Å². The number of halogens is 1. The van der Waals surface area contributed by atoms with E-state index in [2.05, 4.69) is 16.0 Å². The fraction of sp³-hybridized carbons (Fsp3) is 0.333. The fourth-order valence-corrected chi connectivity index (χ4v) is 2.73. The quantitative estimate of drug-likeness (QED) is 0.779.